The first-order chi connectivity index (χ1) is 13.7. The van der Waals surface area contributed by atoms with Crippen LogP contribution in [0.1, 0.15) is 22.3 Å². The van der Waals surface area contributed by atoms with Crippen LogP contribution in [-0.4, -0.2) is 23.6 Å². The zero-order valence-corrected chi connectivity index (χ0v) is 16.3. The standard InChI is InChI=1S/C23H18F2NO2.ClH/c24-19-7-3-1-5-16(19)13-26-10-9-15-11-21-22(28-14-27-21)12-18(15)23(26)17-6-2-4-8-20(17)25;/h1-8,11-12H,9-10,13-14H2;1H/q+1;/p-1. The molecule has 2 heterocycles. The minimum absolute atomic E-state index is 0. The monoisotopic (exact) mass is 413 g/mol. The van der Waals surface area contributed by atoms with Crippen molar-refractivity contribution in [3.63, 3.8) is 0 Å². The molecule has 148 valence electrons. The molecular weight excluding hydrogens is 396 g/mol. The van der Waals surface area contributed by atoms with E-state index in [1.807, 2.05) is 28.8 Å². The van der Waals surface area contributed by atoms with Crippen LogP contribution in [0, 0.1) is 11.6 Å². The van der Waals surface area contributed by atoms with Crippen LogP contribution in [0.25, 0.3) is 0 Å². The zero-order chi connectivity index (χ0) is 19.1. The third kappa shape index (κ3) is 3.47. The summed E-state index contributed by atoms with van der Waals surface area (Å²) >= 11 is 0. The Labute approximate surface area is 173 Å². The largest absolute Gasteiger partial charge is 1.00 e. The second kappa shape index (κ2) is 7.84. The predicted octanol–water partition coefficient (Wildman–Crippen LogP) is 1.30. The quantitative estimate of drug-likeness (QED) is 0.604. The van der Waals surface area contributed by atoms with Gasteiger partial charge in [0, 0.05) is 6.42 Å². The van der Waals surface area contributed by atoms with Gasteiger partial charge in [-0.05, 0) is 42.0 Å². The number of nitrogens with zero attached hydrogens (tertiary/aromatic N) is 1. The maximum atomic E-state index is 14.8. The highest BCUT2D eigenvalue weighted by Crippen LogP contribution is 2.37. The summed E-state index contributed by atoms with van der Waals surface area (Å²) in [6.07, 6.45) is 0.762. The Balaban J connectivity index is 0.00000205. The highest BCUT2D eigenvalue weighted by molar-refractivity contribution is 6.11. The average molecular weight is 414 g/mol. The number of halogens is 3. The van der Waals surface area contributed by atoms with Crippen LogP contribution in [0.2, 0.25) is 0 Å². The van der Waals surface area contributed by atoms with Gasteiger partial charge in [-0.1, -0.05) is 24.3 Å². The Kier molecular flexibility index (Phi) is 5.24. The first-order valence-corrected chi connectivity index (χ1v) is 9.24. The van der Waals surface area contributed by atoms with E-state index >= 15 is 0 Å². The summed E-state index contributed by atoms with van der Waals surface area (Å²) in [4.78, 5) is 0. The highest BCUT2D eigenvalue weighted by Gasteiger charge is 2.32. The topological polar surface area (TPSA) is 21.5 Å². The summed E-state index contributed by atoms with van der Waals surface area (Å²) < 4.78 is 42.1. The number of rotatable bonds is 3. The SMILES string of the molecule is Fc1ccccc1C[N+]1=C(c2ccccc2F)c2cc3c(cc2CC1)OCO3.[Cl-]. The molecule has 0 atom stereocenters. The van der Waals surface area contributed by atoms with Crippen LogP contribution in [0.5, 0.6) is 11.5 Å². The molecule has 6 heteroatoms. The van der Waals surface area contributed by atoms with Crippen molar-refractivity contribution >= 4 is 5.71 Å². The molecule has 0 N–H and O–H groups in total. The van der Waals surface area contributed by atoms with Gasteiger partial charge < -0.3 is 21.9 Å². The van der Waals surface area contributed by atoms with Gasteiger partial charge in [-0.15, -0.1) is 0 Å². The van der Waals surface area contributed by atoms with Crippen LogP contribution in [-0.2, 0) is 13.0 Å². The number of ether oxygens (including phenoxy) is 2. The predicted molar refractivity (Wildman–Crippen MR) is 101 cm³/mol. The Morgan fingerprint density at radius 2 is 1.52 bits per heavy atom. The highest BCUT2D eigenvalue weighted by atomic mass is 35.5. The molecule has 0 aromatic heterocycles. The first kappa shape index (κ1) is 19.4. The summed E-state index contributed by atoms with van der Waals surface area (Å²) in [6, 6.07) is 17.3. The van der Waals surface area contributed by atoms with E-state index in [0.29, 0.717) is 35.7 Å². The van der Waals surface area contributed by atoms with Crippen molar-refractivity contribution in [1.29, 1.82) is 0 Å². The van der Waals surface area contributed by atoms with Crippen molar-refractivity contribution in [2.45, 2.75) is 13.0 Å². The molecule has 3 nitrogen and oxygen atoms in total. The molecule has 0 radical (unpaired) electrons. The summed E-state index contributed by atoms with van der Waals surface area (Å²) in [6.45, 7) is 1.21. The van der Waals surface area contributed by atoms with E-state index in [-0.39, 0.29) is 30.8 Å². The fourth-order valence-electron chi connectivity index (χ4n) is 3.91. The van der Waals surface area contributed by atoms with Crippen molar-refractivity contribution in [3.05, 3.63) is 94.6 Å². The molecule has 0 unspecified atom stereocenters. The van der Waals surface area contributed by atoms with Crippen LogP contribution in [0.3, 0.4) is 0 Å². The van der Waals surface area contributed by atoms with Gasteiger partial charge in [0.15, 0.2) is 18.0 Å². The summed E-state index contributed by atoms with van der Waals surface area (Å²) in [5.74, 6) is 0.808. The van der Waals surface area contributed by atoms with Gasteiger partial charge in [0.2, 0.25) is 12.5 Å². The maximum Gasteiger partial charge on any atom is 0.231 e. The van der Waals surface area contributed by atoms with Crippen LogP contribution < -0.4 is 21.9 Å². The zero-order valence-electron chi connectivity index (χ0n) is 15.5. The van der Waals surface area contributed by atoms with Crippen LogP contribution in [0.4, 0.5) is 8.78 Å². The Hall–Kier alpha value is -2.92. The van der Waals surface area contributed by atoms with Gasteiger partial charge in [0.05, 0.1) is 16.7 Å². The van der Waals surface area contributed by atoms with Crippen molar-refractivity contribution in [2.75, 3.05) is 13.3 Å². The molecule has 5 rings (SSSR count). The van der Waals surface area contributed by atoms with E-state index in [2.05, 4.69) is 0 Å². The number of hydrogen-bond donors (Lipinski definition) is 0. The molecule has 0 spiro atoms. The molecule has 0 saturated carbocycles. The fourth-order valence-corrected chi connectivity index (χ4v) is 3.91. The molecule has 0 fully saturated rings. The van der Waals surface area contributed by atoms with Gasteiger partial charge in [0.1, 0.15) is 18.2 Å². The van der Waals surface area contributed by atoms with Crippen molar-refractivity contribution < 1.29 is 35.2 Å². The van der Waals surface area contributed by atoms with Gasteiger partial charge in [-0.2, -0.15) is 0 Å². The minimum Gasteiger partial charge on any atom is -1.00 e. The second-order valence-corrected chi connectivity index (χ2v) is 6.95. The number of fused-ring (bicyclic) bond motifs is 2. The van der Waals surface area contributed by atoms with Gasteiger partial charge in [-0.3, -0.25) is 0 Å². The lowest BCUT2D eigenvalue weighted by molar-refractivity contribution is -0.544. The summed E-state index contributed by atoms with van der Waals surface area (Å²) in [5, 5.41) is 0. The first-order valence-electron chi connectivity index (χ1n) is 9.24. The van der Waals surface area contributed by atoms with Crippen molar-refractivity contribution in [2.24, 2.45) is 0 Å². The molecule has 29 heavy (non-hydrogen) atoms. The van der Waals surface area contributed by atoms with Crippen molar-refractivity contribution in [3.8, 4) is 11.5 Å². The molecule has 3 aromatic rings. The van der Waals surface area contributed by atoms with Crippen LogP contribution >= 0.6 is 0 Å². The van der Waals surface area contributed by atoms with Crippen LogP contribution in [0.15, 0.2) is 60.7 Å². The van der Waals surface area contributed by atoms with E-state index < -0.39 is 0 Å². The van der Waals surface area contributed by atoms with Gasteiger partial charge >= 0.3 is 0 Å². The lowest BCUT2D eigenvalue weighted by Crippen LogP contribution is -3.00. The Morgan fingerprint density at radius 3 is 2.28 bits per heavy atom. The minimum atomic E-state index is -0.304. The van der Waals surface area contributed by atoms with E-state index in [4.69, 9.17) is 9.47 Å². The summed E-state index contributed by atoms with van der Waals surface area (Å²) in [7, 11) is 0. The van der Waals surface area contributed by atoms with E-state index in [9.17, 15) is 8.78 Å². The second-order valence-electron chi connectivity index (χ2n) is 6.95. The third-order valence-corrected chi connectivity index (χ3v) is 5.27. The lowest BCUT2D eigenvalue weighted by atomic mass is 9.91. The van der Waals surface area contributed by atoms with Gasteiger partial charge in [-0.25, -0.2) is 13.4 Å². The fraction of sp³-hybridized carbons (Fsp3) is 0.174. The van der Waals surface area contributed by atoms with E-state index in [1.54, 1.807) is 24.3 Å². The Morgan fingerprint density at radius 1 is 0.828 bits per heavy atom. The molecule has 3 aromatic carbocycles. The smallest absolute Gasteiger partial charge is 0.231 e. The normalized spacial score (nSPS) is 14.4. The molecule has 2 aliphatic rings. The number of hydrogen-bond acceptors (Lipinski definition) is 2. The van der Waals surface area contributed by atoms with Gasteiger partial charge in [0.25, 0.3) is 0 Å². The van der Waals surface area contributed by atoms with E-state index in [1.165, 1.54) is 12.1 Å². The average Bonchev–Trinajstić information content (AvgIpc) is 3.16. The molecule has 0 amide bonds. The Bertz CT molecular complexity index is 1110. The molecular formula is C23H18ClF2NO2. The summed E-state index contributed by atoms with van der Waals surface area (Å²) in [5.41, 5.74) is 3.81. The molecule has 2 aliphatic heterocycles. The molecule has 0 aliphatic carbocycles. The maximum absolute atomic E-state index is 14.8. The van der Waals surface area contributed by atoms with Crippen molar-refractivity contribution in [1.82, 2.24) is 0 Å². The van der Waals surface area contributed by atoms with E-state index in [0.717, 1.165) is 23.3 Å². The number of benzene rings is 3. The molecule has 0 bridgehead atoms. The molecule has 0 saturated heterocycles. The third-order valence-electron chi connectivity index (χ3n) is 5.27. The lowest BCUT2D eigenvalue weighted by Gasteiger charge is -2.20.